The third-order valence-electron chi connectivity index (χ3n) is 3.38. The maximum atomic E-state index is 14.0. The molecule has 3 N–H and O–H groups in total. The van der Waals surface area contributed by atoms with Crippen molar-refractivity contribution < 1.29 is 18.1 Å². The Kier molecular flexibility index (Phi) is 5.17. The molecular formula is C14H19FN2O3S. The quantitative estimate of drug-likeness (QED) is 0.655. The minimum absolute atomic E-state index is 0.0517. The molecule has 0 amide bonds. The normalized spacial score (nSPS) is 21.8. The first-order valence-corrected chi connectivity index (χ1v) is 8.37. The Labute approximate surface area is 125 Å². The first kappa shape index (κ1) is 15.8. The van der Waals surface area contributed by atoms with Crippen molar-refractivity contribution in [1.82, 2.24) is 0 Å². The number of esters is 1. The second-order valence-corrected chi connectivity index (χ2v) is 6.60. The van der Waals surface area contributed by atoms with Crippen LogP contribution in [0, 0.1) is 5.82 Å². The molecule has 0 aromatic heterocycles. The summed E-state index contributed by atoms with van der Waals surface area (Å²) in [4.78, 5) is 11.8. The van der Waals surface area contributed by atoms with Crippen molar-refractivity contribution in [3.63, 3.8) is 0 Å². The molecule has 1 aliphatic heterocycles. The summed E-state index contributed by atoms with van der Waals surface area (Å²) >= 11 is 0. The zero-order valence-electron chi connectivity index (χ0n) is 11.9. The smallest absolute Gasteiger partial charge is 0.340 e. The third-order valence-corrected chi connectivity index (χ3v) is 4.76. The van der Waals surface area contributed by atoms with E-state index in [-0.39, 0.29) is 29.6 Å². The number of carbonyl (C=O) groups excluding carboxylic acids is 1. The van der Waals surface area contributed by atoms with Gasteiger partial charge in [0.1, 0.15) is 5.82 Å². The number of rotatable bonds is 4. The zero-order chi connectivity index (χ0) is 15.4. The van der Waals surface area contributed by atoms with Gasteiger partial charge < -0.3 is 15.8 Å². The van der Waals surface area contributed by atoms with Crippen molar-refractivity contribution in [2.75, 3.05) is 29.2 Å². The molecule has 1 fully saturated rings. The van der Waals surface area contributed by atoms with Gasteiger partial charge in [0.25, 0.3) is 0 Å². The summed E-state index contributed by atoms with van der Waals surface area (Å²) in [5.74, 6) is 0.146. The van der Waals surface area contributed by atoms with Crippen molar-refractivity contribution in [2.45, 2.75) is 25.8 Å². The van der Waals surface area contributed by atoms with E-state index < -0.39 is 22.6 Å². The molecule has 116 valence electrons. The number of halogens is 1. The largest absolute Gasteiger partial charge is 0.462 e. The van der Waals surface area contributed by atoms with Gasteiger partial charge in [-0.1, -0.05) is 0 Å². The summed E-state index contributed by atoms with van der Waals surface area (Å²) in [5, 5.41) is 3.06. The number of benzene rings is 1. The molecule has 7 heteroatoms. The summed E-state index contributed by atoms with van der Waals surface area (Å²) < 4.78 is 30.2. The molecule has 0 bridgehead atoms. The molecule has 1 aliphatic rings. The van der Waals surface area contributed by atoms with E-state index in [1.165, 1.54) is 6.07 Å². The number of anilines is 2. The Morgan fingerprint density at radius 2 is 2.14 bits per heavy atom. The van der Waals surface area contributed by atoms with Gasteiger partial charge in [-0.15, -0.1) is 0 Å². The molecule has 1 saturated heterocycles. The maximum Gasteiger partial charge on any atom is 0.340 e. The molecule has 1 aromatic rings. The topological polar surface area (TPSA) is 81.4 Å². The first-order valence-electron chi connectivity index (χ1n) is 6.89. The van der Waals surface area contributed by atoms with Gasteiger partial charge in [0.05, 0.1) is 17.9 Å². The summed E-state index contributed by atoms with van der Waals surface area (Å²) in [5.41, 5.74) is 6.10. The van der Waals surface area contributed by atoms with Gasteiger partial charge in [0.15, 0.2) is 0 Å². The molecule has 0 unspecified atom stereocenters. The fourth-order valence-corrected chi connectivity index (χ4v) is 3.54. The summed E-state index contributed by atoms with van der Waals surface area (Å²) in [7, 11) is -0.770. The highest BCUT2D eigenvalue weighted by Gasteiger charge is 2.21. The SMILES string of the molecule is CCOC(=O)c1cc(NC2CCS(=O)CC2)c(F)cc1N. The van der Waals surface area contributed by atoms with Crippen LogP contribution in [-0.2, 0) is 15.5 Å². The van der Waals surface area contributed by atoms with Gasteiger partial charge in [-0.3, -0.25) is 4.21 Å². The monoisotopic (exact) mass is 314 g/mol. The number of nitrogen functional groups attached to an aromatic ring is 1. The van der Waals surface area contributed by atoms with Gasteiger partial charge in [-0.05, 0) is 31.9 Å². The van der Waals surface area contributed by atoms with E-state index in [0.717, 1.165) is 6.07 Å². The molecule has 0 saturated carbocycles. The second kappa shape index (κ2) is 6.89. The van der Waals surface area contributed by atoms with Crippen molar-refractivity contribution in [3.05, 3.63) is 23.5 Å². The number of nitrogens with one attached hydrogen (secondary N) is 1. The first-order chi connectivity index (χ1) is 10.0. The van der Waals surface area contributed by atoms with Gasteiger partial charge >= 0.3 is 5.97 Å². The molecular weight excluding hydrogens is 295 g/mol. The Bertz CT molecular complexity index is 555. The number of hydrogen-bond acceptors (Lipinski definition) is 5. The van der Waals surface area contributed by atoms with Gasteiger partial charge in [0, 0.05) is 34.0 Å². The molecule has 0 atom stereocenters. The maximum absolute atomic E-state index is 14.0. The van der Waals surface area contributed by atoms with Crippen LogP contribution in [0.2, 0.25) is 0 Å². The third kappa shape index (κ3) is 3.93. The summed E-state index contributed by atoms with van der Waals surface area (Å²) in [6.45, 7) is 1.92. The van der Waals surface area contributed by atoms with E-state index in [9.17, 15) is 13.4 Å². The summed E-state index contributed by atoms with van der Waals surface area (Å²) in [6.07, 6.45) is 1.43. The van der Waals surface area contributed by atoms with E-state index in [4.69, 9.17) is 10.5 Å². The fraction of sp³-hybridized carbons (Fsp3) is 0.500. The Morgan fingerprint density at radius 1 is 1.48 bits per heavy atom. The van der Waals surface area contributed by atoms with Gasteiger partial charge in [-0.25, -0.2) is 9.18 Å². The Balaban J connectivity index is 2.17. The van der Waals surface area contributed by atoms with E-state index in [1.54, 1.807) is 6.92 Å². The number of carbonyl (C=O) groups is 1. The molecule has 0 aliphatic carbocycles. The van der Waals surface area contributed by atoms with Crippen LogP contribution in [0.3, 0.4) is 0 Å². The van der Waals surface area contributed by atoms with Crippen molar-refractivity contribution in [2.24, 2.45) is 0 Å². The number of ether oxygens (including phenoxy) is 1. The molecule has 1 aromatic carbocycles. The number of hydrogen-bond donors (Lipinski definition) is 2. The van der Waals surface area contributed by atoms with Crippen molar-refractivity contribution in [1.29, 1.82) is 0 Å². The van der Waals surface area contributed by atoms with Crippen LogP contribution in [0.15, 0.2) is 12.1 Å². The molecule has 0 radical (unpaired) electrons. The fourth-order valence-electron chi connectivity index (χ4n) is 2.24. The lowest BCUT2D eigenvalue weighted by Gasteiger charge is -2.24. The van der Waals surface area contributed by atoms with Crippen LogP contribution in [0.25, 0.3) is 0 Å². The van der Waals surface area contributed by atoms with Gasteiger partial charge in [0.2, 0.25) is 0 Å². The predicted molar refractivity (Wildman–Crippen MR) is 81.3 cm³/mol. The molecule has 5 nitrogen and oxygen atoms in total. The van der Waals surface area contributed by atoms with Crippen LogP contribution in [0.5, 0.6) is 0 Å². The standard InChI is InChI=1S/C14H19FN2O3S/c1-2-20-14(18)10-7-13(11(15)8-12(10)16)17-9-3-5-21(19)6-4-9/h7-9,17H,2-6,16H2,1H3. The van der Waals surface area contributed by atoms with Crippen molar-refractivity contribution in [3.8, 4) is 0 Å². The average Bonchev–Trinajstić information content (AvgIpc) is 2.44. The average molecular weight is 314 g/mol. The van der Waals surface area contributed by atoms with Gasteiger partial charge in [-0.2, -0.15) is 0 Å². The highest BCUT2D eigenvalue weighted by atomic mass is 32.2. The van der Waals surface area contributed by atoms with E-state index >= 15 is 0 Å². The minimum atomic E-state index is -0.770. The summed E-state index contributed by atoms with van der Waals surface area (Å²) in [6, 6.07) is 2.56. The van der Waals surface area contributed by atoms with E-state index in [2.05, 4.69) is 5.32 Å². The van der Waals surface area contributed by atoms with E-state index in [0.29, 0.717) is 24.3 Å². The van der Waals surface area contributed by atoms with E-state index in [1.807, 2.05) is 0 Å². The van der Waals surface area contributed by atoms with Crippen LogP contribution in [-0.4, -0.2) is 34.3 Å². The second-order valence-electron chi connectivity index (χ2n) is 4.91. The molecule has 0 spiro atoms. The zero-order valence-corrected chi connectivity index (χ0v) is 12.7. The number of nitrogens with two attached hydrogens (primary N) is 1. The highest BCUT2D eigenvalue weighted by molar-refractivity contribution is 7.85. The molecule has 2 rings (SSSR count). The molecule has 21 heavy (non-hydrogen) atoms. The van der Waals surface area contributed by atoms with Crippen LogP contribution >= 0.6 is 0 Å². The minimum Gasteiger partial charge on any atom is -0.462 e. The van der Waals surface area contributed by atoms with Crippen molar-refractivity contribution >= 4 is 28.1 Å². The predicted octanol–water partition coefficient (Wildman–Crippen LogP) is 1.91. The van der Waals surface area contributed by atoms with Crippen LogP contribution in [0.1, 0.15) is 30.1 Å². The molecule has 1 heterocycles. The Hall–Kier alpha value is -1.63. The van der Waals surface area contributed by atoms with Crippen LogP contribution < -0.4 is 11.1 Å². The highest BCUT2D eigenvalue weighted by Crippen LogP contribution is 2.25. The van der Waals surface area contributed by atoms with Crippen LogP contribution in [0.4, 0.5) is 15.8 Å². The lowest BCUT2D eigenvalue weighted by atomic mass is 10.1. The lowest BCUT2D eigenvalue weighted by molar-refractivity contribution is 0.0527. The Morgan fingerprint density at radius 3 is 2.76 bits per heavy atom. The lowest BCUT2D eigenvalue weighted by Crippen LogP contribution is -2.29.